The van der Waals surface area contributed by atoms with E-state index in [2.05, 4.69) is 15.4 Å². The molecule has 1 N–H and O–H groups in total. The highest BCUT2D eigenvalue weighted by molar-refractivity contribution is 7.89. The Bertz CT molecular complexity index is 976. The van der Waals surface area contributed by atoms with Crippen molar-refractivity contribution in [3.63, 3.8) is 0 Å². The summed E-state index contributed by atoms with van der Waals surface area (Å²) in [6.45, 7) is 3.84. The van der Waals surface area contributed by atoms with Crippen LogP contribution in [0, 0.1) is 6.92 Å². The van der Waals surface area contributed by atoms with E-state index in [4.69, 9.17) is 4.74 Å². The number of rotatable bonds is 3. The number of fused-ring (bicyclic) bond motifs is 1. The Balaban J connectivity index is 1.38. The number of nitrogens with one attached hydrogen (secondary N) is 1. The number of pyridine rings is 1. The SMILES string of the molecule is Cc1nn(C)c2ncc(NC(=O)N3CC(S(=O)(=O)N4CCOCC4)C3)cc12. The highest BCUT2D eigenvalue weighted by Gasteiger charge is 2.43. The fraction of sp³-hybridized carbons (Fsp3) is 0.562. The van der Waals surface area contributed by atoms with E-state index in [1.165, 1.54) is 9.21 Å². The molecule has 0 aromatic carbocycles. The minimum absolute atomic E-state index is 0.188. The molecule has 2 aliphatic rings. The molecule has 0 radical (unpaired) electrons. The number of nitrogens with zero attached hydrogens (tertiary/aromatic N) is 5. The van der Waals surface area contributed by atoms with Gasteiger partial charge in [-0.15, -0.1) is 0 Å². The summed E-state index contributed by atoms with van der Waals surface area (Å²) in [7, 11) is -1.57. The summed E-state index contributed by atoms with van der Waals surface area (Å²) in [5.74, 6) is 0. The quantitative estimate of drug-likeness (QED) is 0.794. The summed E-state index contributed by atoms with van der Waals surface area (Å²) in [6.07, 6.45) is 1.57. The summed E-state index contributed by atoms with van der Waals surface area (Å²) in [4.78, 5) is 18.2. The second-order valence-corrected chi connectivity index (χ2v) is 9.03. The number of urea groups is 1. The number of ether oxygens (including phenoxy) is 1. The first-order valence-corrected chi connectivity index (χ1v) is 10.3. The molecule has 0 aliphatic carbocycles. The van der Waals surface area contributed by atoms with E-state index in [0.717, 1.165) is 16.7 Å². The van der Waals surface area contributed by atoms with Crippen LogP contribution in [0.15, 0.2) is 12.3 Å². The lowest BCUT2D eigenvalue weighted by molar-refractivity contribution is 0.0713. The lowest BCUT2D eigenvalue weighted by Crippen LogP contribution is -2.61. The Labute approximate surface area is 157 Å². The molecule has 10 nitrogen and oxygen atoms in total. The van der Waals surface area contributed by atoms with E-state index in [0.29, 0.717) is 32.0 Å². The molecule has 0 atom stereocenters. The predicted molar refractivity (Wildman–Crippen MR) is 98.9 cm³/mol. The van der Waals surface area contributed by atoms with E-state index in [1.807, 2.05) is 20.0 Å². The van der Waals surface area contributed by atoms with Gasteiger partial charge in [0.2, 0.25) is 10.0 Å². The Kier molecular flexibility index (Phi) is 4.52. The van der Waals surface area contributed by atoms with E-state index >= 15 is 0 Å². The molecule has 0 spiro atoms. The summed E-state index contributed by atoms with van der Waals surface area (Å²) in [6, 6.07) is 1.50. The van der Waals surface area contributed by atoms with Gasteiger partial charge in [-0.1, -0.05) is 0 Å². The average Bonchev–Trinajstić information content (AvgIpc) is 2.88. The number of anilines is 1. The summed E-state index contributed by atoms with van der Waals surface area (Å²) in [5.41, 5.74) is 2.13. The topological polar surface area (TPSA) is 110 Å². The third-order valence-electron chi connectivity index (χ3n) is 5.00. The van der Waals surface area contributed by atoms with Crippen molar-refractivity contribution in [3.05, 3.63) is 18.0 Å². The van der Waals surface area contributed by atoms with Crippen molar-refractivity contribution in [2.75, 3.05) is 44.7 Å². The first kappa shape index (κ1) is 18.1. The van der Waals surface area contributed by atoms with Crippen molar-refractivity contribution in [2.24, 2.45) is 7.05 Å². The van der Waals surface area contributed by atoms with Crippen molar-refractivity contribution in [1.29, 1.82) is 0 Å². The molecule has 2 saturated heterocycles. The van der Waals surface area contributed by atoms with E-state index in [9.17, 15) is 13.2 Å². The normalized spacial score (nSPS) is 19.3. The number of aryl methyl sites for hydroxylation is 2. The molecule has 2 aromatic rings. The van der Waals surface area contributed by atoms with Crippen LogP contribution in [-0.2, 0) is 21.8 Å². The second kappa shape index (κ2) is 6.73. The maximum atomic E-state index is 12.6. The predicted octanol–water partition coefficient (Wildman–Crippen LogP) is 0.155. The first-order valence-electron chi connectivity index (χ1n) is 8.78. The van der Waals surface area contributed by atoms with Gasteiger partial charge in [0.05, 0.1) is 30.8 Å². The summed E-state index contributed by atoms with van der Waals surface area (Å²) in [5, 5.41) is 7.40. The fourth-order valence-corrected chi connectivity index (χ4v) is 5.20. The number of hydrogen-bond donors (Lipinski definition) is 1. The van der Waals surface area contributed by atoms with Crippen LogP contribution in [0.25, 0.3) is 11.0 Å². The van der Waals surface area contributed by atoms with Crippen LogP contribution < -0.4 is 5.32 Å². The highest BCUT2D eigenvalue weighted by Crippen LogP contribution is 2.23. The van der Waals surface area contributed by atoms with Crippen LogP contribution in [0.3, 0.4) is 0 Å². The molecule has 2 aromatic heterocycles. The molecule has 0 saturated carbocycles. The van der Waals surface area contributed by atoms with Crippen molar-refractivity contribution in [3.8, 4) is 0 Å². The minimum Gasteiger partial charge on any atom is -0.379 e. The van der Waals surface area contributed by atoms with Crippen molar-refractivity contribution in [2.45, 2.75) is 12.2 Å². The van der Waals surface area contributed by atoms with E-state index in [1.54, 1.807) is 10.9 Å². The van der Waals surface area contributed by atoms with Gasteiger partial charge in [0.1, 0.15) is 5.25 Å². The standard InChI is InChI=1S/C16H22N6O4S/c1-11-14-7-12(8-17-15(14)20(2)19-11)18-16(23)21-9-13(10-21)27(24,25)22-3-5-26-6-4-22/h7-8,13H,3-6,9-10H2,1-2H3,(H,18,23). The van der Waals surface area contributed by atoms with Crippen molar-refractivity contribution < 1.29 is 17.9 Å². The molecule has 27 heavy (non-hydrogen) atoms. The van der Waals surface area contributed by atoms with Gasteiger partial charge in [-0.25, -0.2) is 18.2 Å². The Hall–Kier alpha value is -2.24. The zero-order valence-corrected chi connectivity index (χ0v) is 16.1. The lowest BCUT2D eigenvalue weighted by atomic mass is 10.2. The molecule has 0 unspecified atom stereocenters. The number of likely N-dealkylation sites (tertiary alicyclic amines) is 1. The highest BCUT2D eigenvalue weighted by atomic mass is 32.2. The smallest absolute Gasteiger partial charge is 0.321 e. The van der Waals surface area contributed by atoms with Gasteiger partial charge in [0, 0.05) is 38.6 Å². The largest absolute Gasteiger partial charge is 0.379 e. The Morgan fingerprint density at radius 3 is 2.70 bits per heavy atom. The zero-order chi connectivity index (χ0) is 19.2. The summed E-state index contributed by atoms with van der Waals surface area (Å²) >= 11 is 0. The number of hydrogen-bond acceptors (Lipinski definition) is 6. The molecule has 2 aliphatic heterocycles. The number of carbonyl (C=O) groups excluding carboxylic acids is 1. The van der Waals surface area contributed by atoms with Gasteiger partial charge in [0.15, 0.2) is 5.65 Å². The molecule has 146 valence electrons. The maximum Gasteiger partial charge on any atom is 0.321 e. The van der Waals surface area contributed by atoms with Crippen molar-refractivity contribution in [1.82, 2.24) is 24.0 Å². The van der Waals surface area contributed by atoms with Gasteiger partial charge >= 0.3 is 6.03 Å². The first-order chi connectivity index (χ1) is 12.9. The van der Waals surface area contributed by atoms with Gasteiger partial charge in [-0.3, -0.25) is 4.68 Å². The monoisotopic (exact) mass is 394 g/mol. The van der Waals surface area contributed by atoms with E-state index < -0.39 is 15.3 Å². The van der Waals surface area contributed by atoms with Crippen LogP contribution in [0.2, 0.25) is 0 Å². The van der Waals surface area contributed by atoms with Crippen LogP contribution in [0.1, 0.15) is 5.69 Å². The molecule has 11 heteroatoms. The molecule has 0 bridgehead atoms. The molecule has 2 fully saturated rings. The lowest BCUT2D eigenvalue weighted by Gasteiger charge is -2.41. The Morgan fingerprint density at radius 1 is 1.30 bits per heavy atom. The van der Waals surface area contributed by atoms with Gasteiger partial charge in [-0.2, -0.15) is 9.40 Å². The third-order valence-corrected chi connectivity index (χ3v) is 7.23. The van der Waals surface area contributed by atoms with Crippen LogP contribution in [-0.4, -0.2) is 83.1 Å². The number of morpholine rings is 1. The van der Waals surface area contributed by atoms with Crippen LogP contribution >= 0.6 is 0 Å². The molecule has 4 heterocycles. The molecule has 2 amide bonds. The third kappa shape index (κ3) is 3.26. The van der Waals surface area contributed by atoms with Gasteiger partial charge < -0.3 is 15.0 Å². The average molecular weight is 394 g/mol. The number of aromatic nitrogens is 3. The zero-order valence-electron chi connectivity index (χ0n) is 15.3. The molecular formula is C16H22N6O4S. The minimum atomic E-state index is -3.39. The maximum absolute atomic E-state index is 12.6. The fourth-order valence-electron chi connectivity index (χ4n) is 3.38. The second-order valence-electron chi connectivity index (χ2n) is 6.82. The van der Waals surface area contributed by atoms with Crippen LogP contribution in [0.5, 0.6) is 0 Å². The number of amides is 2. The summed E-state index contributed by atoms with van der Waals surface area (Å²) < 4.78 is 33.5. The molecule has 4 rings (SSSR count). The van der Waals surface area contributed by atoms with Gasteiger partial charge in [0.25, 0.3) is 0 Å². The van der Waals surface area contributed by atoms with Crippen molar-refractivity contribution >= 4 is 32.8 Å². The number of sulfonamides is 1. The Morgan fingerprint density at radius 2 is 2.00 bits per heavy atom. The van der Waals surface area contributed by atoms with Gasteiger partial charge in [-0.05, 0) is 13.0 Å². The van der Waals surface area contributed by atoms with Crippen LogP contribution in [0.4, 0.5) is 10.5 Å². The molecular weight excluding hydrogens is 372 g/mol. The van der Waals surface area contributed by atoms with E-state index in [-0.39, 0.29) is 19.1 Å². The number of carbonyl (C=O) groups is 1.